The fourth-order valence-electron chi connectivity index (χ4n) is 2.66. The van der Waals surface area contributed by atoms with Crippen molar-refractivity contribution in [2.75, 3.05) is 26.2 Å². The summed E-state index contributed by atoms with van der Waals surface area (Å²) in [6.45, 7) is 4.91. The number of amides is 1. The van der Waals surface area contributed by atoms with Crippen molar-refractivity contribution in [2.45, 2.75) is 18.7 Å². The molecule has 1 fully saturated rings. The van der Waals surface area contributed by atoms with Crippen LogP contribution in [0.4, 0.5) is 0 Å². The smallest absolute Gasteiger partial charge is 0.274 e. The van der Waals surface area contributed by atoms with E-state index in [0.717, 1.165) is 11.3 Å². The molecule has 1 aliphatic heterocycles. The summed E-state index contributed by atoms with van der Waals surface area (Å²) in [5.41, 5.74) is 2.03. The maximum Gasteiger partial charge on any atom is 0.274 e. The van der Waals surface area contributed by atoms with Gasteiger partial charge in [0.05, 0.1) is 16.8 Å². The largest absolute Gasteiger partial charge is 0.335 e. The molecule has 0 unspecified atom stereocenters. The molecule has 0 saturated carbocycles. The Morgan fingerprint density at radius 2 is 1.60 bits per heavy atom. The van der Waals surface area contributed by atoms with Gasteiger partial charge in [0.15, 0.2) is 0 Å². The number of aryl methyl sites for hydroxylation is 2. The van der Waals surface area contributed by atoms with Gasteiger partial charge in [-0.3, -0.25) is 9.78 Å². The average Bonchev–Trinajstić information content (AvgIpc) is 2.62. The van der Waals surface area contributed by atoms with Gasteiger partial charge in [0.2, 0.25) is 10.0 Å². The van der Waals surface area contributed by atoms with E-state index in [9.17, 15) is 13.2 Å². The van der Waals surface area contributed by atoms with Crippen LogP contribution in [-0.4, -0.2) is 59.7 Å². The third kappa shape index (κ3) is 3.69. The lowest BCUT2D eigenvalue weighted by molar-refractivity contribution is 0.0691. The molecule has 0 aliphatic carbocycles. The third-order valence-corrected chi connectivity index (χ3v) is 6.10. The van der Waals surface area contributed by atoms with Crippen LogP contribution in [0, 0.1) is 13.8 Å². The predicted octanol–water partition coefficient (Wildman–Crippen LogP) is 1.24. The van der Waals surface area contributed by atoms with E-state index in [1.165, 1.54) is 10.5 Å². The van der Waals surface area contributed by atoms with E-state index in [1.54, 1.807) is 42.3 Å². The lowest BCUT2D eigenvalue weighted by Gasteiger charge is -2.33. The highest BCUT2D eigenvalue weighted by atomic mass is 32.2. The highest BCUT2D eigenvalue weighted by molar-refractivity contribution is 7.89. The summed E-state index contributed by atoms with van der Waals surface area (Å²) in [6, 6.07) is 6.79. The molecule has 1 aliphatic rings. The lowest BCUT2D eigenvalue weighted by atomic mass is 10.2. The Balaban J connectivity index is 1.68. The molecule has 1 amide bonds. The minimum Gasteiger partial charge on any atom is -0.335 e. The monoisotopic (exact) mass is 360 g/mol. The molecular formula is C17H20N4O3S. The van der Waals surface area contributed by atoms with Crippen molar-refractivity contribution in [3.05, 3.63) is 53.6 Å². The van der Waals surface area contributed by atoms with Crippen LogP contribution in [0.5, 0.6) is 0 Å². The molecule has 2 heterocycles. The molecule has 1 aromatic carbocycles. The van der Waals surface area contributed by atoms with Crippen molar-refractivity contribution < 1.29 is 13.2 Å². The molecule has 1 saturated heterocycles. The van der Waals surface area contributed by atoms with Crippen LogP contribution < -0.4 is 0 Å². The van der Waals surface area contributed by atoms with Gasteiger partial charge in [-0.15, -0.1) is 0 Å². The Morgan fingerprint density at radius 1 is 0.960 bits per heavy atom. The molecule has 0 spiro atoms. The standard InChI is InChI=1S/C17H20N4O3S/c1-13-3-5-15(6-4-13)25(23,24)21-9-7-20(8-10-21)17(22)16-12-18-14(2)11-19-16/h3-6,11-12H,7-10H2,1-2H3. The van der Waals surface area contributed by atoms with Crippen molar-refractivity contribution in [2.24, 2.45) is 0 Å². The molecule has 1 aromatic heterocycles. The number of carbonyl (C=O) groups excluding carboxylic acids is 1. The highest BCUT2D eigenvalue weighted by Gasteiger charge is 2.30. The molecule has 0 N–H and O–H groups in total. The first-order chi connectivity index (χ1) is 11.9. The van der Waals surface area contributed by atoms with Crippen LogP contribution in [0.2, 0.25) is 0 Å². The Bertz CT molecular complexity index is 856. The topological polar surface area (TPSA) is 83.5 Å². The minimum absolute atomic E-state index is 0.222. The van der Waals surface area contributed by atoms with Gasteiger partial charge >= 0.3 is 0 Å². The molecule has 25 heavy (non-hydrogen) atoms. The van der Waals surface area contributed by atoms with Gasteiger partial charge in [0.25, 0.3) is 5.91 Å². The Kier molecular flexibility index (Phi) is 4.82. The number of piperazine rings is 1. The maximum absolute atomic E-state index is 12.7. The average molecular weight is 360 g/mol. The molecule has 0 atom stereocenters. The van der Waals surface area contributed by atoms with Crippen LogP contribution >= 0.6 is 0 Å². The summed E-state index contributed by atoms with van der Waals surface area (Å²) in [5, 5.41) is 0. The second-order valence-electron chi connectivity index (χ2n) is 6.05. The molecular weight excluding hydrogens is 340 g/mol. The number of benzene rings is 1. The van der Waals surface area contributed by atoms with Crippen molar-refractivity contribution >= 4 is 15.9 Å². The number of sulfonamides is 1. The zero-order valence-corrected chi connectivity index (χ0v) is 15.0. The van der Waals surface area contributed by atoms with Crippen molar-refractivity contribution in [3.63, 3.8) is 0 Å². The lowest BCUT2D eigenvalue weighted by Crippen LogP contribution is -2.50. The quantitative estimate of drug-likeness (QED) is 0.822. The number of nitrogens with zero attached hydrogens (tertiary/aromatic N) is 4. The number of hydrogen-bond acceptors (Lipinski definition) is 5. The van der Waals surface area contributed by atoms with E-state index in [-0.39, 0.29) is 29.6 Å². The van der Waals surface area contributed by atoms with Gasteiger partial charge in [0, 0.05) is 32.4 Å². The van der Waals surface area contributed by atoms with Crippen LogP contribution in [0.15, 0.2) is 41.6 Å². The van der Waals surface area contributed by atoms with E-state index in [2.05, 4.69) is 9.97 Å². The summed E-state index contributed by atoms with van der Waals surface area (Å²) >= 11 is 0. The molecule has 7 nitrogen and oxygen atoms in total. The summed E-state index contributed by atoms with van der Waals surface area (Å²) in [6.07, 6.45) is 3.00. The van der Waals surface area contributed by atoms with Gasteiger partial charge in [-0.05, 0) is 26.0 Å². The number of hydrogen-bond donors (Lipinski definition) is 0. The van der Waals surface area contributed by atoms with E-state index in [4.69, 9.17) is 0 Å². The molecule has 132 valence electrons. The summed E-state index contributed by atoms with van der Waals surface area (Å²) in [4.78, 5) is 22.5. The number of carbonyl (C=O) groups is 1. The zero-order chi connectivity index (χ0) is 18.0. The fourth-order valence-corrected chi connectivity index (χ4v) is 4.08. The van der Waals surface area contributed by atoms with Crippen molar-refractivity contribution in [1.82, 2.24) is 19.2 Å². The molecule has 8 heteroatoms. The Labute approximate surface area is 147 Å². The second kappa shape index (κ2) is 6.89. The maximum atomic E-state index is 12.7. The highest BCUT2D eigenvalue weighted by Crippen LogP contribution is 2.18. The van der Waals surface area contributed by atoms with Crippen LogP contribution in [0.1, 0.15) is 21.7 Å². The van der Waals surface area contributed by atoms with Gasteiger partial charge in [-0.25, -0.2) is 13.4 Å². The SMILES string of the molecule is Cc1ccc(S(=O)(=O)N2CCN(C(=O)c3cnc(C)cn3)CC2)cc1. The Hall–Kier alpha value is -2.32. The first-order valence-electron chi connectivity index (χ1n) is 8.03. The van der Waals surface area contributed by atoms with Gasteiger partial charge in [-0.2, -0.15) is 4.31 Å². The van der Waals surface area contributed by atoms with Gasteiger partial charge in [-0.1, -0.05) is 17.7 Å². The predicted molar refractivity (Wildman–Crippen MR) is 92.6 cm³/mol. The zero-order valence-electron chi connectivity index (χ0n) is 14.2. The van der Waals surface area contributed by atoms with Crippen molar-refractivity contribution in [3.8, 4) is 0 Å². The molecule has 2 aromatic rings. The number of aromatic nitrogens is 2. The van der Waals surface area contributed by atoms with Crippen LogP contribution in [-0.2, 0) is 10.0 Å². The normalized spacial score (nSPS) is 16.0. The summed E-state index contributed by atoms with van der Waals surface area (Å²) < 4.78 is 26.8. The summed E-state index contributed by atoms with van der Waals surface area (Å²) in [7, 11) is -3.53. The number of rotatable bonds is 3. The summed E-state index contributed by atoms with van der Waals surface area (Å²) in [5.74, 6) is -0.222. The van der Waals surface area contributed by atoms with Gasteiger partial charge in [0.1, 0.15) is 5.69 Å². The Morgan fingerprint density at radius 3 is 2.16 bits per heavy atom. The van der Waals surface area contributed by atoms with E-state index >= 15 is 0 Å². The second-order valence-corrected chi connectivity index (χ2v) is 7.99. The van der Waals surface area contributed by atoms with E-state index in [1.807, 2.05) is 6.92 Å². The molecule has 0 radical (unpaired) electrons. The van der Waals surface area contributed by atoms with Crippen LogP contribution in [0.3, 0.4) is 0 Å². The molecule has 3 rings (SSSR count). The fraction of sp³-hybridized carbons (Fsp3) is 0.353. The minimum atomic E-state index is -3.53. The van der Waals surface area contributed by atoms with Gasteiger partial charge < -0.3 is 4.90 Å². The first-order valence-corrected chi connectivity index (χ1v) is 9.47. The van der Waals surface area contributed by atoms with Crippen LogP contribution in [0.25, 0.3) is 0 Å². The molecule has 0 bridgehead atoms. The first kappa shape index (κ1) is 17.5. The van der Waals surface area contributed by atoms with Crippen molar-refractivity contribution in [1.29, 1.82) is 0 Å². The van der Waals surface area contributed by atoms with E-state index < -0.39 is 10.0 Å². The third-order valence-electron chi connectivity index (χ3n) is 4.18. The van der Waals surface area contributed by atoms with E-state index in [0.29, 0.717) is 13.1 Å².